The van der Waals surface area contributed by atoms with Crippen molar-refractivity contribution in [2.45, 2.75) is 25.4 Å². The van der Waals surface area contributed by atoms with Crippen LogP contribution >= 0.6 is 0 Å². The van der Waals surface area contributed by atoms with Gasteiger partial charge in [-0.25, -0.2) is 4.79 Å². The van der Waals surface area contributed by atoms with Crippen molar-refractivity contribution in [2.75, 3.05) is 6.54 Å². The second-order valence-corrected chi connectivity index (χ2v) is 4.52. The van der Waals surface area contributed by atoms with Gasteiger partial charge >= 0.3 is 18.1 Å². The molecule has 0 spiro atoms. The molecule has 0 aliphatic carbocycles. The average molecular weight is 292 g/mol. The third-order valence-electron chi connectivity index (χ3n) is 3.38. The molecule has 1 aromatic rings. The van der Waals surface area contributed by atoms with E-state index in [1.54, 1.807) is 0 Å². The maximum atomic E-state index is 12.6. The number of carbonyl (C=O) groups excluding carboxylic acids is 1. The third-order valence-corrected chi connectivity index (χ3v) is 3.38. The lowest BCUT2D eigenvalue weighted by Gasteiger charge is -2.29. The predicted octanol–water partition coefficient (Wildman–Crippen LogP) is 1.62. The van der Waals surface area contributed by atoms with Gasteiger partial charge in [-0.05, 0) is 13.0 Å². The number of nitrogens with one attached hydrogen (secondary N) is 1. The van der Waals surface area contributed by atoms with Crippen LogP contribution < -0.4 is 9.80 Å². The van der Waals surface area contributed by atoms with Gasteiger partial charge in [-0.3, -0.25) is 5.32 Å². The number of aliphatic hydroxyl groups excluding tert-OH is 1. The molecule has 0 saturated carbocycles. The Balaban J connectivity index is 2.51. The highest BCUT2D eigenvalue weighted by Gasteiger charge is 2.57. The van der Waals surface area contributed by atoms with E-state index in [2.05, 4.69) is 17.1 Å². The van der Waals surface area contributed by atoms with Crippen LogP contribution in [0.25, 0.3) is 0 Å². The number of hydrogen-bond donors (Lipinski definition) is 2. The number of hydrogen-bond acceptors (Lipinski definition) is 4. The molecule has 2 heterocycles. The van der Waals surface area contributed by atoms with E-state index in [0.717, 1.165) is 0 Å². The van der Waals surface area contributed by atoms with Gasteiger partial charge < -0.3 is 9.63 Å². The Labute approximate surface area is 112 Å². The quantitative estimate of drug-likeness (QED) is 0.655. The first-order valence-electron chi connectivity index (χ1n) is 5.75. The molecule has 0 radical (unpaired) electrons. The molecule has 1 fully saturated rings. The zero-order chi connectivity index (χ0) is 15.1. The van der Waals surface area contributed by atoms with Crippen LogP contribution in [0.3, 0.4) is 0 Å². The molecule has 1 aliphatic rings. The number of aliphatic hydroxyl groups is 1. The smallest absolute Gasteiger partial charge is 0.368 e. The highest BCUT2D eigenvalue weighted by Crippen LogP contribution is 2.37. The molecule has 110 valence electrons. The summed E-state index contributed by atoms with van der Waals surface area (Å²) in [6.45, 7) is 4.97. The summed E-state index contributed by atoms with van der Waals surface area (Å²) in [5, 5.41) is 14.9. The Bertz CT molecular complexity index is 543. The Kier molecular flexibility index (Phi) is 3.34. The van der Waals surface area contributed by atoms with Crippen LogP contribution in [0.5, 0.6) is 0 Å². The lowest BCUT2D eigenvalue weighted by atomic mass is 10.2. The second kappa shape index (κ2) is 4.60. The number of aromatic nitrogens is 1. The van der Waals surface area contributed by atoms with Gasteiger partial charge in [0.05, 0.1) is 6.07 Å². The second-order valence-electron chi connectivity index (χ2n) is 4.52. The molecule has 2 rings (SSSR count). The molecule has 6 nitrogen and oxygen atoms in total. The molecule has 0 bridgehead atoms. The van der Waals surface area contributed by atoms with Crippen LogP contribution in [-0.2, 0) is 6.18 Å². The molecule has 1 aromatic heterocycles. The number of urea groups is 1. The summed E-state index contributed by atoms with van der Waals surface area (Å²) in [7, 11) is 0. The van der Waals surface area contributed by atoms with E-state index in [9.17, 15) is 23.1 Å². The summed E-state index contributed by atoms with van der Waals surface area (Å²) >= 11 is 0. The summed E-state index contributed by atoms with van der Waals surface area (Å²) in [6, 6.07) is -0.748. The monoisotopic (exact) mass is 292 g/mol. The highest BCUT2D eigenvalue weighted by molar-refractivity contribution is 5.89. The number of quaternary nitrogens is 1. The van der Waals surface area contributed by atoms with Crippen molar-refractivity contribution in [1.29, 1.82) is 0 Å². The topological polar surface area (TPSA) is 75.4 Å². The van der Waals surface area contributed by atoms with Crippen LogP contribution in [0, 0.1) is 0 Å². The molecule has 20 heavy (non-hydrogen) atoms. The summed E-state index contributed by atoms with van der Waals surface area (Å²) < 4.78 is 41.8. The molecule has 3 unspecified atom stereocenters. The first-order valence-corrected chi connectivity index (χ1v) is 5.75. The Morgan fingerprint density at radius 1 is 1.65 bits per heavy atom. The maximum Gasteiger partial charge on any atom is 0.437 e. The van der Waals surface area contributed by atoms with Crippen molar-refractivity contribution in [2.24, 2.45) is 0 Å². The van der Waals surface area contributed by atoms with Crippen LogP contribution in [0.4, 0.5) is 23.8 Å². The van der Waals surface area contributed by atoms with Crippen molar-refractivity contribution in [3.05, 3.63) is 24.4 Å². The Morgan fingerprint density at radius 2 is 2.30 bits per heavy atom. The minimum atomic E-state index is -4.67. The fourth-order valence-electron chi connectivity index (χ4n) is 2.22. The van der Waals surface area contributed by atoms with Crippen molar-refractivity contribution < 1.29 is 27.6 Å². The van der Waals surface area contributed by atoms with E-state index in [0.29, 0.717) is 6.07 Å². The minimum Gasteiger partial charge on any atom is -0.368 e. The van der Waals surface area contributed by atoms with Crippen LogP contribution in [0.1, 0.15) is 12.6 Å². The van der Waals surface area contributed by atoms with E-state index in [4.69, 9.17) is 4.52 Å². The molecule has 9 heteroatoms. The molecule has 1 aliphatic heterocycles. The Morgan fingerprint density at radius 3 is 2.70 bits per heavy atom. The predicted molar refractivity (Wildman–Crippen MR) is 62.4 cm³/mol. The van der Waals surface area contributed by atoms with Crippen molar-refractivity contribution >= 4 is 11.9 Å². The van der Waals surface area contributed by atoms with E-state index >= 15 is 0 Å². The SMILES string of the molecule is C=CC[N+]1(c2cc(C(F)(F)F)no2)C(=O)NC(O)C1C. The summed E-state index contributed by atoms with van der Waals surface area (Å²) in [5.41, 5.74) is -1.23. The van der Waals surface area contributed by atoms with Gasteiger partial charge in [0, 0.05) is 0 Å². The van der Waals surface area contributed by atoms with Gasteiger partial charge in [0.2, 0.25) is 0 Å². The van der Waals surface area contributed by atoms with Crippen molar-refractivity contribution in [1.82, 2.24) is 15.0 Å². The lowest BCUT2D eigenvalue weighted by Crippen LogP contribution is -2.56. The molecular formula is C11H13F3N3O3+. The van der Waals surface area contributed by atoms with Crippen molar-refractivity contribution in [3.8, 4) is 0 Å². The number of carbonyl (C=O) groups is 1. The van der Waals surface area contributed by atoms with Crippen LogP contribution in [0.15, 0.2) is 23.2 Å². The number of halogens is 3. The van der Waals surface area contributed by atoms with Gasteiger partial charge in [0.25, 0.3) is 0 Å². The first-order chi connectivity index (χ1) is 9.23. The molecular weight excluding hydrogens is 279 g/mol. The minimum absolute atomic E-state index is 0.0312. The number of alkyl halides is 3. The van der Waals surface area contributed by atoms with E-state index < -0.39 is 34.7 Å². The highest BCUT2D eigenvalue weighted by atomic mass is 19.4. The Hall–Kier alpha value is -1.87. The molecule has 2 N–H and O–H groups in total. The van der Waals surface area contributed by atoms with Gasteiger partial charge in [-0.15, -0.1) is 0 Å². The third kappa shape index (κ3) is 1.98. The number of amides is 2. The molecule has 2 amide bonds. The average Bonchev–Trinajstić information content (AvgIpc) is 2.90. The van der Waals surface area contributed by atoms with E-state index in [1.165, 1.54) is 13.0 Å². The van der Waals surface area contributed by atoms with Crippen molar-refractivity contribution in [3.63, 3.8) is 0 Å². The molecule has 3 atom stereocenters. The van der Waals surface area contributed by atoms with Gasteiger partial charge in [0.15, 0.2) is 11.9 Å². The fraction of sp³-hybridized carbons (Fsp3) is 0.455. The fourth-order valence-corrected chi connectivity index (χ4v) is 2.22. The van der Waals surface area contributed by atoms with E-state index in [-0.39, 0.29) is 12.4 Å². The molecule has 0 aromatic carbocycles. The van der Waals surface area contributed by atoms with Gasteiger partial charge in [-0.2, -0.15) is 17.7 Å². The standard InChI is InChI=1S/C11H12F3N3O3/c1-3-4-17(6(2)9(18)15-10(17)19)8-5-7(16-20-8)11(12,13)14/h3,5-6,9,18H,1,4H2,2H3/p+1. The largest absolute Gasteiger partial charge is 0.437 e. The van der Waals surface area contributed by atoms with Gasteiger partial charge in [0.1, 0.15) is 12.6 Å². The van der Waals surface area contributed by atoms with Gasteiger partial charge in [-0.1, -0.05) is 11.7 Å². The lowest BCUT2D eigenvalue weighted by molar-refractivity contribution is -0.142. The van der Waals surface area contributed by atoms with E-state index in [1.807, 2.05) is 0 Å². The molecule has 1 saturated heterocycles. The maximum absolute atomic E-state index is 12.6. The zero-order valence-electron chi connectivity index (χ0n) is 10.5. The zero-order valence-corrected chi connectivity index (χ0v) is 10.5. The normalized spacial score (nSPS) is 30.4. The summed E-state index contributed by atoms with van der Waals surface area (Å²) in [5.74, 6) is -0.293. The summed E-state index contributed by atoms with van der Waals surface area (Å²) in [4.78, 5) is 12.1. The van der Waals surface area contributed by atoms with Crippen LogP contribution in [-0.4, -0.2) is 35.1 Å². The number of rotatable bonds is 3. The number of nitrogens with zero attached hydrogens (tertiary/aromatic N) is 2. The van der Waals surface area contributed by atoms with Crippen LogP contribution in [0.2, 0.25) is 0 Å². The summed E-state index contributed by atoms with van der Waals surface area (Å²) in [6.07, 6.45) is -4.50. The first kappa shape index (κ1) is 14.5.